The minimum atomic E-state index is -0.290. The van der Waals surface area contributed by atoms with Crippen molar-refractivity contribution in [3.63, 3.8) is 0 Å². The van der Waals surface area contributed by atoms with Gasteiger partial charge in [-0.15, -0.1) is 0 Å². The molecule has 2 aromatic heterocycles. The third-order valence-electron chi connectivity index (χ3n) is 2.74. The van der Waals surface area contributed by atoms with Crippen LogP contribution in [-0.2, 0) is 0 Å². The first-order chi connectivity index (χ1) is 9.15. The van der Waals surface area contributed by atoms with E-state index < -0.39 is 0 Å². The minimum Gasteiger partial charge on any atom is -0.369 e. The van der Waals surface area contributed by atoms with Crippen LogP contribution >= 0.6 is 0 Å². The van der Waals surface area contributed by atoms with Crippen LogP contribution in [0.1, 0.15) is 5.82 Å². The SMILES string of the molecule is Cc1nc(N)n2c(=O)cc(-c3ccccc3)nc2n1. The van der Waals surface area contributed by atoms with Crippen molar-refractivity contribution in [3.05, 3.63) is 52.6 Å². The second kappa shape index (κ2) is 4.16. The first-order valence-corrected chi connectivity index (χ1v) is 5.74. The lowest BCUT2D eigenvalue weighted by molar-refractivity contribution is 0.919. The molecule has 0 amide bonds. The van der Waals surface area contributed by atoms with Crippen LogP contribution in [0.2, 0.25) is 0 Å². The van der Waals surface area contributed by atoms with E-state index in [2.05, 4.69) is 15.0 Å². The smallest absolute Gasteiger partial charge is 0.262 e. The summed E-state index contributed by atoms with van der Waals surface area (Å²) in [6, 6.07) is 10.9. The number of benzene rings is 1. The summed E-state index contributed by atoms with van der Waals surface area (Å²) in [5.74, 6) is 0.838. The zero-order chi connectivity index (χ0) is 13.4. The fraction of sp³-hybridized carbons (Fsp3) is 0.0769. The van der Waals surface area contributed by atoms with Crippen molar-refractivity contribution in [2.24, 2.45) is 0 Å². The van der Waals surface area contributed by atoms with E-state index in [9.17, 15) is 4.79 Å². The molecule has 6 nitrogen and oxygen atoms in total. The van der Waals surface area contributed by atoms with Gasteiger partial charge in [-0.1, -0.05) is 30.3 Å². The summed E-state index contributed by atoms with van der Waals surface area (Å²) >= 11 is 0. The second-order valence-electron chi connectivity index (χ2n) is 4.11. The number of hydrogen-bond acceptors (Lipinski definition) is 5. The third-order valence-corrected chi connectivity index (χ3v) is 2.74. The Morgan fingerprint density at radius 2 is 1.84 bits per heavy atom. The number of rotatable bonds is 1. The monoisotopic (exact) mass is 253 g/mol. The molecule has 2 N–H and O–H groups in total. The van der Waals surface area contributed by atoms with Crippen LogP contribution in [0.15, 0.2) is 41.2 Å². The number of nitrogens with zero attached hydrogens (tertiary/aromatic N) is 4. The highest BCUT2D eigenvalue weighted by Crippen LogP contribution is 2.15. The normalized spacial score (nSPS) is 10.8. The van der Waals surface area contributed by atoms with Gasteiger partial charge in [-0.2, -0.15) is 9.97 Å². The van der Waals surface area contributed by atoms with Crippen LogP contribution in [0, 0.1) is 6.92 Å². The minimum absolute atomic E-state index is 0.0969. The predicted molar refractivity (Wildman–Crippen MR) is 71.6 cm³/mol. The number of hydrogen-bond donors (Lipinski definition) is 1. The third kappa shape index (κ3) is 1.93. The van der Waals surface area contributed by atoms with E-state index in [0.717, 1.165) is 5.56 Å². The number of nitrogens with two attached hydrogens (primary N) is 1. The molecule has 94 valence electrons. The average Bonchev–Trinajstić information content (AvgIpc) is 2.38. The summed E-state index contributed by atoms with van der Waals surface area (Å²) in [5, 5.41) is 0. The number of fused-ring (bicyclic) bond motifs is 1. The van der Waals surface area contributed by atoms with Gasteiger partial charge in [-0.25, -0.2) is 9.38 Å². The molecule has 0 bridgehead atoms. The van der Waals surface area contributed by atoms with Crippen molar-refractivity contribution in [2.45, 2.75) is 6.92 Å². The van der Waals surface area contributed by atoms with Crippen LogP contribution in [-0.4, -0.2) is 19.4 Å². The maximum absolute atomic E-state index is 12.1. The Morgan fingerprint density at radius 1 is 1.11 bits per heavy atom. The maximum Gasteiger partial charge on any atom is 0.262 e. The average molecular weight is 253 g/mol. The Hall–Kier alpha value is -2.76. The van der Waals surface area contributed by atoms with E-state index in [4.69, 9.17) is 5.73 Å². The zero-order valence-corrected chi connectivity index (χ0v) is 10.2. The number of aromatic nitrogens is 4. The van der Waals surface area contributed by atoms with E-state index in [1.54, 1.807) is 6.92 Å². The van der Waals surface area contributed by atoms with Gasteiger partial charge in [0.05, 0.1) is 5.69 Å². The summed E-state index contributed by atoms with van der Waals surface area (Å²) in [6.07, 6.45) is 0. The number of nitrogen functional groups attached to an aromatic ring is 1. The van der Waals surface area contributed by atoms with Crippen molar-refractivity contribution in [3.8, 4) is 11.3 Å². The Bertz CT molecular complexity index is 810. The van der Waals surface area contributed by atoms with Gasteiger partial charge in [-0.05, 0) is 6.92 Å². The van der Waals surface area contributed by atoms with Crippen molar-refractivity contribution < 1.29 is 0 Å². The van der Waals surface area contributed by atoms with E-state index in [-0.39, 0.29) is 17.3 Å². The van der Waals surface area contributed by atoms with Crippen LogP contribution in [0.4, 0.5) is 5.95 Å². The highest BCUT2D eigenvalue weighted by atomic mass is 16.1. The topological polar surface area (TPSA) is 86.2 Å². The van der Waals surface area contributed by atoms with Gasteiger partial charge in [0.25, 0.3) is 5.56 Å². The largest absolute Gasteiger partial charge is 0.369 e. The molecule has 0 aliphatic carbocycles. The summed E-state index contributed by atoms with van der Waals surface area (Å²) in [5.41, 5.74) is 6.86. The van der Waals surface area contributed by atoms with E-state index in [1.165, 1.54) is 10.5 Å². The quantitative estimate of drug-likeness (QED) is 0.700. The Balaban J connectivity index is 2.34. The van der Waals surface area contributed by atoms with Crippen LogP contribution < -0.4 is 11.3 Å². The van der Waals surface area contributed by atoms with E-state index in [0.29, 0.717) is 11.5 Å². The summed E-state index contributed by atoms with van der Waals surface area (Å²) < 4.78 is 1.19. The first kappa shape index (κ1) is 11.3. The fourth-order valence-electron chi connectivity index (χ4n) is 1.90. The molecule has 0 unspecified atom stereocenters. The molecular formula is C13H11N5O. The second-order valence-corrected chi connectivity index (χ2v) is 4.11. The summed E-state index contributed by atoms with van der Waals surface area (Å²) in [6.45, 7) is 1.71. The Morgan fingerprint density at radius 3 is 2.58 bits per heavy atom. The molecule has 0 radical (unpaired) electrons. The molecular weight excluding hydrogens is 242 g/mol. The van der Waals surface area contributed by atoms with E-state index in [1.807, 2.05) is 30.3 Å². The first-order valence-electron chi connectivity index (χ1n) is 5.74. The lowest BCUT2D eigenvalue weighted by Crippen LogP contribution is -2.20. The van der Waals surface area contributed by atoms with Crippen LogP contribution in [0.25, 0.3) is 17.0 Å². The van der Waals surface area contributed by atoms with Crippen molar-refractivity contribution >= 4 is 11.7 Å². The van der Waals surface area contributed by atoms with Gasteiger partial charge in [0.2, 0.25) is 11.7 Å². The van der Waals surface area contributed by atoms with Crippen LogP contribution in [0.3, 0.4) is 0 Å². The summed E-state index contributed by atoms with van der Waals surface area (Å²) in [4.78, 5) is 24.5. The predicted octanol–water partition coefficient (Wildman–Crippen LogP) is 1.04. The highest BCUT2D eigenvalue weighted by Gasteiger charge is 2.09. The highest BCUT2D eigenvalue weighted by molar-refractivity contribution is 5.60. The summed E-state index contributed by atoms with van der Waals surface area (Å²) in [7, 11) is 0. The molecule has 0 aliphatic heterocycles. The molecule has 0 fully saturated rings. The number of anilines is 1. The van der Waals surface area contributed by atoms with Gasteiger partial charge < -0.3 is 5.73 Å². The standard InChI is InChI=1S/C13H11N5O/c1-8-15-12(14)18-11(19)7-10(17-13(18)16-8)9-5-3-2-4-6-9/h2-7H,1H3,(H2,14,15,16,17). The maximum atomic E-state index is 12.1. The van der Waals surface area contributed by atoms with Crippen molar-refractivity contribution in [1.29, 1.82) is 0 Å². The molecule has 2 heterocycles. The van der Waals surface area contributed by atoms with E-state index >= 15 is 0 Å². The zero-order valence-electron chi connectivity index (χ0n) is 10.2. The molecule has 0 aliphatic rings. The molecule has 0 saturated heterocycles. The van der Waals surface area contributed by atoms with Gasteiger partial charge in [0.15, 0.2) is 0 Å². The lowest BCUT2D eigenvalue weighted by Gasteiger charge is -2.06. The Labute approximate surface area is 108 Å². The van der Waals surface area contributed by atoms with Crippen LogP contribution in [0.5, 0.6) is 0 Å². The van der Waals surface area contributed by atoms with Crippen molar-refractivity contribution in [2.75, 3.05) is 5.73 Å². The molecule has 19 heavy (non-hydrogen) atoms. The van der Waals surface area contributed by atoms with Gasteiger partial charge in [-0.3, -0.25) is 4.79 Å². The molecule has 3 rings (SSSR count). The molecule has 0 atom stereocenters. The lowest BCUT2D eigenvalue weighted by atomic mass is 10.1. The molecule has 0 spiro atoms. The van der Waals surface area contributed by atoms with Gasteiger partial charge >= 0.3 is 0 Å². The molecule has 0 saturated carbocycles. The Kier molecular flexibility index (Phi) is 2.49. The van der Waals surface area contributed by atoms with Crippen molar-refractivity contribution in [1.82, 2.24) is 19.4 Å². The molecule has 1 aromatic carbocycles. The van der Waals surface area contributed by atoms with Gasteiger partial charge in [0.1, 0.15) is 5.82 Å². The fourth-order valence-corrected chi connectivity index (χ4v) is 1.90. The molecule has 6 heteroatoms. The molecule has 3 aromatic rings. The van der Waals surface area contributed by atoms with Gasteiger partial charge in [0, 0.05) is 11.6 Å². The number of aryl methyl sites for hydroxylation is 1.